The van der Waals surface area contributed by atoms with Gasteiger partial charge in [-0.3, -0.25) is 9.89 Å². The second-order valence-electron chi connectivity index (χ2n) is 5.18. The van der Waals surface area contributed by atoms with Crippen molar-refractivity contribution >= 4 is 5.91 Å². The number of nitrogens with one attached hydrogen (secondary N) is 2. The molecule has 124 valence electrons. The Labute approximate surface area is 124 Å². The van der Waals surface area contributed by atoms with Crippen LogP contribution in [0.25, 0.3) is 0 Å². The summed E-state index contributed by atoms with van der Waals surface area (Å²) in [6.07, 6.45) is -3.04. The minimum atomic E-state index is -4.60. The van der Waals surface area contributed by atoms with E-state index in [2.05, 4.69) is 20.5 Å². The van der Waals surface area contributed by atoms with Gasteiger partial charge in [-0.2, -0.15) is 13.2 Å². The van der Waals surface area contributed by atoms with E-state index in [0.717, 1.165) is 19.4 Å². The smallest absolute Gasteiger partial charge is 0.395 e. The van der Waals surface area contributed by atoms with Gasteiger partial charge in [0.1, 0.15) is 5.82 Å². The maximum atomic E-state index is 12.3. The molecule has 1 aliphatic rings. The van der Waals surface area contributed by atoms with Crippen LogP contribution in [0.4, 0.5) is 13.2 Å². The lowest BCUT2D eigenvalue weighted by Crippen LogP contribution is -2.43. The Balaban J connectivity index is 1.83. The van der Waals surface area contributed by atoms with Gasteiger partial charge in [0.15, 0.2) is 0 Å². The van der Waals surface area contributed by atoms with Gasteiger partial charge in [0.2, 0.25) is 5.91 Å². The highest BCUT2D eigenvalue weighted by molar-refractivity contribution is 5.78. The van der Waals surface area contributed by atoms with Gasteiger partial charge < -0.3 is 15.3 Å². The highest BCUT2D eigenvalue weighted by atomic mass is 19.4. The van der Waals surface area contributed by atoms with E-state index in [9.17, 15) is 18.0 Å². The lowest BCUT2D eigenvalue weighted by molar-refractivity contribution is -0.144. The fraction of sp³-hybridized carbons (Fsp3) is 0.750. The fourth-order valence-electron chi connectivity index (χ4n) is 2.43. The molecule has 1 aromatic rings. The van der Waals surface area contributed by atoms with Crippen molar-refractivity contribution in [3.8, 4) is 0 Å². The van der Waals surface area contributed by atoms with Gasteiger partial charge in [-0.25, -0.2) is 4.98 Å². The number of aromatic nitrogens is 3. The van der Waals surface area contributed by atoms with E-state index < -0.39 is 12.0 Å². The van der Waals surface area contributed by atoms with Crippen LogP contribution >= 0.6 is 0 Å². The van der Waals surface area contributed by atoms with Crippen molar-refractivity contribution in [3.63, 3.8) is 0 Å². The number of aliphatic hydroxyl groups excluding tert-OH is 1. The zero-order chi connectivity index (χ0) is 16.2. The van der Waals surface area contributed by atoms with Crippen LogP contribution in [0.5, 0.6) is 0 Å². The lowest BCUT2D eigenvalue weighted by atomic mass is 9.97. The van der Waals surface area contributed by atoms with Crippen LogP contribution in [0.3, 0.4) is 0 Å². The zero-order valence-corrected chi connectivity index (χ0v) is 11.9. The van der Waals surface area contributed by atoms with Crippen LogP contribution in [0.1, 0.15) is 24.5 Å². The molecule has 10 heteroatoms. The summed E-state index contributed by atoms with van der Waals surface area (Å²) < 4.78 is 37.0. The van der Waals surface area contributed by atoms with Crippen LogP contribution in [0.15, 0.2) is 0 Å². The first-order chi connectivity index (χ1) is 10.4. The van der Waals surface area contributed by atoms with Crippen LogP contribution < -0.4 is 5.32 Å². The van der Waals surface area contributed by atoms with Crippen LogP contribution in [-0.4, -0.2) is 57.3 Å². The van der Waals surface area contributed by atoms with E-state index in [1.807, 2.05) is 4.90 Å². The van der Waals surface area contributed by atoms with E-state index in [4.69, 9.17) is 5.11 Å². The number of hydrogen-bond acceptors (Lipinski definition) is 5. The third-order valence-corrected chi connectivity index (χ3v) is 3.51. The molecular weight excluding hydrogens is 303 g/mol. The van der Waals surface area contributed by atoms with Crippen molar-refractivity contribution < 1.29 is 23.1 Å². The predicted octanol–water partition coefficient (Wildman–Crippen LogP) is 0.144. The number of halogens is 3. The summed E-state index contributed by atoms with van der Waals surface area (Å²) in [4.78, 5) is 17.3. The van der Waals surface area contributed by atoms with E-state index in [0.29, 0.717) is 13.1 Å². The van der Waals surface area contributed by atoms with E-state index in [-0.39, 0.29) is 30.8 Å². The molecule has 1 saturated heterocycles. The van der Waals surface area contributed by atoms with E-state index in [1.165, 1.54) is 0 Å². The molecule has 0 saturated carbocycles. The topological polar surface area (TPSA) is 94.1 Å². The standard InChI is InChI=1S/C12H18F3N5O2/c13-12(14,15)11-17-9(18-19-11)6-16-10(22)8-2-1-3-20(7-8)4-5-21/h8,21H,1-7H2,(H,16,22)(H,17,18,19). The molecule has 1 atom stereocenters. The molecule has 1 aromatic heterocycles. The fourth-order valence-corrected chi connectivity index (χ4v) is 2.43. The lowest BCUT2D eigenvalue weighted by Gasteiger charge is -2.31. The number of carbonyl (C=O) groups is 1. The van der Waals surface area contributed by atoms with Gasteiger partial charge in [0, 0.05) is 13.1 Å². The number of hydrogen-bond donors (Lipinski definition) is 3. The van der Waals surface area contributed by atoms with Crippen LogP contribution in [-0.2, 0) is 17.5 Å². The molecule has 7 nitrogen and oxygen atoms in total. The van der Waals surface area contributed by atoms with Gasteiger partial charge in [0.25, 0.3) is 5.82 Å². The molecule has 0 radical (unpaired) electrons. The Morgan fingerprint density at radius 3 is 2.91 bits per heavy atom. The third-order valence-electron chi connectivity index (χ3n) is 3.51. The first-order valence-electron chi connectivity index (χ1n) is 6.99. The number of amides is 1. The highest BCUT2D eigenvalue weighted by Gasteiger charge is 2.36. The quantitative estimate of drug-likeness (QED) is 0.717. The molecule has 22 heavy (non-hydrogen) atoms. The molecule has 3 N–H and O–H groups in total. The number of piperidine rings is 1. The van der Waals surface area contributed by atoms with Gasteiger partial charge >= 0.3 is 6.18 Å². The summed E-state index contributed by atoms with van der Waals surface area (Å²) >= 11 is 0. The zero-order valence-electron chi connectivity index (χ0n) is 11.9. The first-order valence-corrected chi connectivity index (χ1v) is 6.99. The number of likely N-dealkylation sites (tertiary alicyclic amines) is 1. The first kappa shape index (κ1) is 16.7. The van der Waals surface area contributed by atoms with Crippen molar-refractivity contribution in [1.82, 2.24) is 25.4 Å². The molecule has 2 heterocycles. The number of aromatic amines is 1. The highest BCUT2D eigenvalue weighted by Crippen LogP contribution is 2.25. The summed E-state index contributed by atoms with van der Waals surface area (Å²) in [7, 11) is 0. The number of H-pyrrole nitrogens is 1. The van der Waals surface area contributed by atoms with Crippen molar-refractivity contribution in [2.24, 2.45) is 5.92 Å². The maximum absolute atomic E-state index is 12.3. The molecule has 1 fully saturated rings. The van der Waals surface area contributed by atoms with Gasteiger partial charge in [-0.15, -0.1) is 5.10 Å². The Morgan fingerprint density at radius 1 is 1.50 bits per heavy atom. The Kier molecular flexibility index (Phi) is 5.35. The maximum Gasteiger partial charge on any atom is 0.453 e. The van der Waals surface area contributed by atoms with Gasteiger partial charge in [0.05, 0.1) is 19.1 Å². The molecule has 1 aliphatic heterocycles. The number of alkyl halides is 3. The van der Waals surface area contributed by atoms with E-state index in [1.54, 1.807) is 0 Å². The van der Waals surface area contributed by atoms with Crippen LogP contribution in [0, 0.1) is 5.92 Å². The Hall–Kier alpha value is -1.68. The minimum Gasteiger partial charge on any atom is -0.395 e. The number of aliphatic hydroxyl groups is 1. The summed E-state index contributed by atoms with van der Waals surface area (Å²) in [5.41, 5.74) is 0. The third kappa shape index (κ3) is 4.41. The Bertz CT molecular complexity index is 503. The predicted molar refractivity (Wildman–Crippen MR) is 69.5 cm³/mol. The Morgan fingerprint density at radius 2 is 2.27 bits per heavy atom. The second kappa shape index (κ2) is 7.05. The average molecular weight is 321 g/mol. The average Bonchev–Trinajstić information content (AvgIpc) is 2.94. The molecule has 2 rings (SSSR count). The van der Waals surface area contributed by atoms with Gasteiger partial charge in [-0.1, -0.05) is 0 Å². The summed E-state index contributed by atoms with van der Waals surface area (Å²) in [5, 5.41) is 16.7. The van der Waals surface area contributed by atoms with Crippen molar-refractivity contribution in [2.75, 3.05) is 26.2 Å². The summed E-state index contributed by atoms with van der Waals surface area (Å²) in [6.45, 7) is 1.80. The normalized spacial score (nSPS) is 20.1. The largest absolute Gasteiger partial charge is 0.453 e. The minimum absolute atomic E-state index is 0.0343. The molecule has 0 aromatic carbocycles. The van der Waals surface area contributed by atoms with E-state index >= 15 is 0 Å². The number of carbonyl (C=O) groups excluding carboxylic acids is 1. The summed E-state index contributed by atoms with van der Waals surface area (Å²) in [5.74, 6) is -1.75. The molecular formula is C12H18F3N5O2. The van der Waals surface area contributed by atoms with Crippen molar-refractivity contribution in [2.45, 2.75) is 25.6 Å². The number of nitrogens with zero attached hydrogens (tertiary/aromatic N) is 3. The summed E-state index contributed by atoms with van der Waals surface area (Å²) in [6, 6.07) is 0. The van der Waals surface area contributed by atoms with Crippen molar-refractivity contribution in [3.05, 3.63) is 11.6 Å². The number of rotatable bonds is 5. The molecule has 0 bridgehead atoms. The number of β-amino-alcohol motifs (C(OH)–C–C–N with tert-alkyl or cyclic N) is 1. The second-order valence-corrected chi connectivity index (χ2v) is 5.18. The van der Waals surface area contributed by atoms with Crippen molar-refractivity contribution in [1.29, 1.82) is 0 Å². The molecule has 1 unspecified atom stereocenters. The molecule has 0 spiro atoms. The van der Waals surface area contributed by atoms with Crippen LogP contribution in [0.2, 0.25) is 0 Å². The monoisotopic (exact) mass is 321 g/mol. The molecule has 0 aliphatic carbocycles. The SMILES string of the molecule is O=C(NCc1nc(C(F)(F)F)n[nH]1)C1CCCN(CCO)C1. The molecule has 1 amide bonds. The van der Waals surface area contributed by atoms with Gasteiger partial charge in [-0.05, 0) is 19.4 Å².